The topological polar surface area (TPSA) is 108 Å². The number of urea groups is 1. The number of furan rings is 1. The first kappa shape index (κ1) is 26.2. The van der Waals surface area contributed by atoms with E-state index >= 15 is 0 Å². The van der Waals surface area contributed by atoms with E-state index in [9.17, 15) is 22.4 Å². The number of nitrogens with two attached hydrogens (primary N) is 1. The van der Waals surface area contributed by atoms with Crippen LogP contribution in [0.5, 0.6) is 0 Å². The van der Waals surface area contributed by atoms with Crippen molar-refractivity contribution in [1.29, 1.82) is 0 Å². The standard InChI is InChI=1S/C24H24F4N6O2S/c1-37-10-2-9-30-20-12-17-21(29)34(13-31-22(17)36-20)16-6-4-15(5-7-16)32-23(35)33-19-11-14(24(26,27)28)3-8-18(19)25/h3-8,11-12,30H,2,9-10,13,29H2,1H3,(H2,32,33,35). The third kappa shape index (κ3) is 6.28. The molecule has 196 valence electrons. The van der Waals surface area contributed by atoms with E-state index in [1.54, 1.807) is 47.0 Å². The van der Waals surface area contributed by atoms with Gasteiger partial charge in [0.25, 0.3) is 0 Å². The molecule has 3 aromatic rings. The van der Waals surface area contributed by atoms with Crippen LogP contribution in [0.4, 0.5) is 45.3 Å². The van der Waals surface area contributed by atoms with Gasteiger partial charge in [-0.3, -0.25) is 0 Å². The highest BCUT2D eigenvalue weighted by Gasteiger charge is 2.31. The van der Waals surface area contributed by atoms with E-state index in [0.29, 0.717) is 52.1 Å². The summed E-state index contributed by atoms with van der Waals surface area (Å²) in [6, 6.07) is 9.22. The molecule has 8 nitrogen and oxygen atoms in total. The van der Waals surface area contributed by atoms with Crippen molar-refractivity contribution in [1.82, 2.24) is 0 Å². The van der Waals surface area contributed by atoms with Gasteiger partial charge in [0, 0.05) is 24.0 Å². The molecule has 2 aromatic carbocycles. The third-order valence-corrected chi connectivity index (χ3v) is 6.14. The van der Waals surface area contributed by atoms with Crippen molar-refractivity contribution in [3.05, 3.63) is 70.7 Å². The molecule has 2 amide bonds. The minimum atomic E-state index is -4.67. The van der Waals surface area contributed by atoms with Gasteiger partial charge in [0.05, 0.1) is 16.5 Å². The smallest absolute Gasteiger partial charge is 0.416 e. The van der Waals surface area contributed by atoms with Gasteiger partial charge in [-0.25, -0.2) is 14.2 Å². The fourth-order valence-electron chi connectivity index (χ4n) is 3.58. The van der Waals surface area contributed by atoms with Crippen LogP contribution in [0.15, 0.2) is 57.9 Å². The monoisotopic (exact) mass is 536 g/mol. The highest BCUT2D eigenvalue weighted by atomic mass is 32.2. The molecule has 0 saturated heterocycles. The van der Waals surface area contributed by atoms with Crippen molar-refractivity contribution in [3.8, 4) is 0 Å². The van der Waals surface area contributed by atoms with Crippen molar-refractivity contribution in [2.24, 2.45) is 10.7 Å². The van der Waals surface area contributed by atoms with Crippen LogP contribution in [0.25, 0.3) is 5.82 Å². The van der Waals surface area contributed by atoms with Gasteiger partial charge < -0.3 is 31.0 Å². The Labute approximate surface area is 213 Å². The number of carbonyl (C=O) groups is 1. The van der Waals surface area contributed by atoms with Crippen LogP contribution in [-0.4, -0.2) is 31.3 Å². The van der Waals surface area contributed by atoms with E-state index in [2.05, 4.69) is 20.9 Å². The van der Waals surface area contributed by atoms with E-state index in [1.165, 1.54) is 0 Å². The Bertz CT molecular complexity index is 1390. The Morgan fingerprint density at radius 3 is 2.62 bits per heavy atom. The van der Waals surface area contributed by atoms with Gasteiger partial charge >= 0.3 is 12.2 Å². The maximum atomic E-state index is 13.9. The van der Waals surface area contributed by atoms with Crippen LogP contribution in [-0.2, 0) is 6.18 Å². The SMILES string of the molecule is CSCCCNc1cc2c(o1)=NCN(c1ccc(NC(=O)Nc3cc(C(F)(F)F)ccc3F)cc1)C=2N. The van der Waals surface area contributed by atoms with Crippen LogP contribution in [0.3, 0.4) is 0 Å². The zero-order valence-corrected chi connectivity index (χ0v) is 20.5. The van der Waals surface area contributed by atoms with Crippen LogP contribution >= 0.6 is 11.8 Å². The minimum absolute atomic E-state index is 0.223. The van der Waals surface area contributed by atoms with Gasteiger partial charge in [0.2, 0.25) is 5.55 Å². The number of carbonyl (C=O) groups excluding carboxylic acids is 1. The molecule has 0 unspecified atom stereocenters. The van der Waals surface area contributed by atoms with Gasteiger partial charge in [-0.2, -0.15) is 24.9 Å². The second-order valence-electron chi connectivity index (χ2n) is 8.03. The molecule has 1 aliphatic heterocycles. The molecule has 0 saturated carbocycles. The van der Waals surface area contributed by atoms with Crippen LogP contribution < -0.4 is 37.4 Å². The van der Waals surface area contributed by atoms with Crippen molar-refractivity contribution in [2.45, 2.75) is 12.6 Å². The summed E-state index contributed by atoms with van der Waals surface area (Å²) in [6.07, 6.45) is -1.63. The molecule has 0 atom stereocenters. The molecule has 4 rings (SSSR count). The molecule has 0 aliphatic carbocycles. The Balaban J connectivity index is 1.42. The maximum absolute atomic E-state index is 13.9. The molecule has 2 heterocycles. The third-order valence-electron chi connectivity index (χ3n) is 5.44. The highest BCUT2D eigenvalue weighted by molar-refractivity contribution is 7.98. The molecule has 5 N–H and O–H groups in total. The van der Waals surface area contributed by atoms with E-state index in [0.717, 1.165) is 18.7 Å². The second-order valence-corrected chi connectivity index (χ2v) is 9.02. The Morgan fingerprint density at radius 1 is 1.16 bits per heavy atom. The van der Waals surface area contributed by atoms with E-state index in [4.69, 9.17) is 10.2 Å². The number of hydrogen-bond acceptors (Lipinski definition) is 7. The average Bonchev–Trinajstić information content (AvgIpc) is 3.27. The first-order chi connectivity index (χ1) is 17.7. The largest absolute Gasteiger partial charge is 0.423 e. The number of fused-ring (bicyclic) bond motifs is 1. The maximum Gasteiger partial charge on any atom is 0.416 e. The zero-order chi connectivity index (χ0) is 26.6. The van der Waals surface area contributed by atoms with Crippen molar-refractivity contribution in [2.75, 3.05) is 46.1 Å². The predicted molar refractivity (Wildman–Crippen MR) is 136 cm³/mol. The summed E-state index contributed by atoms with van der Waals surface area (Å²) in [7, 11) is 0. The highest BCUT2D eigenvalue weighted by Crippen LogP contribution is 2.32. The predicted octanol–water partition coefficient (Wildman–Crippen LogP) is 4.37. The summed E-state index contributed by atoms with van der Waals surface area (Å²) in [6.45, 7) is 0.986. The van der Waals surface area contributed by atoms with Crippen LogP contribution in [0.2, 0.25) is 0 Å². The molecule has 0 bridgehead atoms. The van der Waals surface area contributed by atoms with Gasteiger partial charge in [-0.15, -0.1) is 0 Å². The number of rotatable bonds is 8. The van der Waals surface area contributed by atoms with E-state index in [1.807, 2.05) is 6.26 Å². The Morgan fingerprint density at radius 2 is 1.92 bits per heavy atom. The number of alkyl halides is 3. The molecule has 0 fully saturated rings. The number of thioether (sulfide) groups is 1. The molecule has 1 aromatic heterocycles. The van der Waals surface area contributed by atoms with Crippen molar-refractivity contribution in [3.63, 3.8) is 0 Å². The molecule has 0 radical (unpaired) electrons. The molecule has 0 spiro atoms. The number of halogens is 4. The summed E-state index contributed by atoms with van der Waals surface area (Å²) in [5.74, 6) is 1.08. The number of benzene rings is 2. The summed E-state index contributed by atoms with van der Waals surface area (Å²) in [4.78, 5) is 18.4. The molecular weight excluding hydrogens is 512 g/mol. The van der Waals surface area contributed by atoms with Crippen LogP contribution in [0.1, 0.15) is 12.0 Å². The summed E-state index contributed by atoms with van der Waals surface area (Å²) in [5, 5.41) is 8.43. The number of nitrogens with one attached hydrogen (secondary N) is 3. The van der Waals surface area contributed by atoms with Crippen LogP contribution in [0, 0.1) is 5.82 Å². The van der Waals surface area contributed by atoms with Gasteiger partial charge in [0.15, 0.2) is 5.88 Å². The fourth-order valence-corrected chi connectivity index (χ4v) is 4.01. The summed E-state index contributed by atoms with van der Waals surface area (Å²) in [5.41, 5.74) is 6.18. The Kier molecular flexibility index (Phi) is 7.81. The van der Waals surface area contributed by atoms with Gasteiger partial charge in [0.1, 0.15) is 18.3 Å². The molecule has 37 heavy (non-hydrogen) atoms. The van der Waals surface area contributed by atoms with Gasteiger partial charge in [-0.05, 0) is 60.9 Å². The first-order valence-corrected chi connectivity index (χ1v) is 12.5. The van der Waals surface area contributed by atoms with E-state index in [-0.39, 0.29) is 6.67 Å². The molecular formula is C24H24F4N6O2S. The summed E-state index contributed by atoms with van der Waals surface area (Å²) >= 11 is 1.77. The summed E-state index contributed by atoms with van der Waals surface area (Å²) < 4.78 is 58.3. The number of amides is 2. The average molecular weight is 537 g/mol. The van der Waals surface area contributed by atoms with Gasteiger partial charge in [-0.1, -0.05) is 0 Å². The Hall–Kier alpha value is -3.87. The molecule has 13 heteroatoms. The van der Waals surface area contributed by atoms with E-state index < -0.39 is 29.3 Å². The quantitative estimate of drug-likeness (QED) is 0.252. The first-order valence-electron chi connectivity index (χ1n) is 11.1. The second kappa shape index (κ2) is 11.0. The number of anilines is 4. The lowest BCUT2D eigenvalue weighted by Gasteiger charge is -2.24. The normalized spacial score (nSPS) is 13.1. The molecule has 1 aliphatic rings. The zero-order valence-electron chi connectivity index (χ0n) is 19.7. The lowest BCUT2D eigenvalue weighted by atomic mass is 10.2. The lowest BCUT2D eigenvalue weighted by molar-refractivity contribution is -0.137. The minimum Gasteiger partial charge on any atom is -0.423 e. The number of nitrogens with zero attached hydrogens (tertiary/aromatic N) is 2. The fraction of sp³-hybridized carbons (Fsp3) is 0.250. The van der Waals surface area contributed by atoms with Crippen molar-refractivity contribution >= 4 is 46.6 Å². The lowest BCUT2D eigenvalue weighted by Crippen LogP contribution is -2.42. The number of hydrogen-bond donors (Lipinski definition) is 4. The van der Waals surface area contributed by atoms with Crippen molar-refractivity contribution < 1.29 is 26.8 Å².